The number of carbonyl (C=O) groups is 3. The lowest BCUT2D eigenvalue weighted by Crippen LogP contribution is -2.39. The van der Waals surface area contributed by atoms with E-state index >= 15 is 0 Å². The third-order valence-electron chi connectivity index (χ3n) is 2.19. The molecule has 0 bridgehead atoms. The molecule has 0 aliphatic heterocycles. The minimum atomic E-state index is -1.08. The number of urea groups is 1. The molecule has 0 spiro atoms. The fourth-order valence-electron chi connectivity index (χ4n) is 1.32. The Morgan fingerprint density at radius 2 is 2.00 bits per heavy atom. The normalized spacial score (nSPS) is 9.74. The minimum absolute atomic E-state index is 0.194. The van der Waals surface area contributed by atoms with Crippen LogP contribution in [0.15, 0.2) is 18.2 Å². The second-order valence-corrected chi connectivity index (χ2v) is 3.89. The van der Waals surface area contributed by atoms with E-state index in [9.17, 15) is 14.4 Å². The van der Waals surface area contributed by atoms with Crippen LogP contribution in [-0.2, 0) is 16.1 Å². The summed E-state index contributed by atoms with van der Waals surface area (Å²) < 4.78 is 0. The van der Waals surface area contributed by atoms with E-state index in [0.29, 0.717) is 5.69 Å². The van der Waals surface area contributed by atoms with Gasteiger partial charge in [0.05, 0.1) is 18.7 Å². The molecule has 3 N–H and O–H groups in total. The Morgan fingerprint density at radius 3 is 2.63 bits per heavy atom. The highest BCUT2D eigenvalue weighted by molar-refractivity contribution is 5.95. The van der Waals surface area contributed by atoms with Crippen molar-refractivity contribution in [2.24, 2.45) is 0 Å². The van der Waals surface area contributed by atoms with Crippen molar-refractivity contribution in [1.29, 1.82) is 0 Å². The molecule has 1 aromatic heterocycles. The van der Waals surface area contributed by atoms with Crippen LogP contribution in [0.5, 0.6) is 0 Å². The Bertz CT molecular complexity index is 488. The number of carboxylic acid groups (broad SMARTS) is 1. The zero-order chi connectivity index (χ0) is 14.3. The quantitative estimate of drug-likeness (QED) is 0.721. The predicted octanol–water partition coefficient (Wildman–Crippen LogP) is 0.581. The number of amides is 3. The highest BCUT2D eigenvalue weighted by Crippen LogP contribution is 1.97. The summed E-state index contributed by atoms with van der Waals surface area (Å²) in [6, 6.07) is 4.73. The number of aromatic nitrogens is 1. The van der Waals surface area contributed by atoms with Gasteiger partial charge in [0.1, 0.15) is 0 Å². The smallest absolute Gasteiger partial charge is 0.321 e. The van der Waals surface area contributed by atoms with Gasteiger partial charge in [0.15, 0.2) is 0 Å². The highest BCUT2D eigenvalue weighted by Gasteiger charge is 2.09. The summed E-state index contributed by atoms with van der Waals surface area (Å²) in [5.41, 5.74) is 1.50. The molecule has 1 heterocycles. The first-order valence-corrected chi connectivity index (χ1v) is 5.69. The summed E-state index contributed by atoms with van der Waals surface area (Å²) >= 11 is 0. The molecule has 0 aromatic carbocycles. The van der Waals surface area contributed by atoms with Crippen LogP contribution in [0.4, 0.5) is 4.79 Å². The number of aryl methyl sites for hydroxylation is 1. The van der Waals surface area contributed by atoms with Gasteiger partial charge >= 0.3 is 12.0 Å². The maximum atomic E-state index is 11.3. The molecule has 1 aromatic rings. The number of nitrogens with one attached hydrogen (secondary N) is 2. The number of carboxylic acids is 1. The Balaban J connectivity index is 2.31. The molecular formula is C12H15N3O4. The number of rotatable bonds is 5. The first-order valence-electron chi connectivity index (χ1n) is 5.69. The third kappa shape index (κ3) is 6.16. The van der Waals surface area contributed by atoms with Gasteiger partial charge in [-0.2, -0.15) is 0 Å². The maximum Gasteiger partial charge on any atom is 0.321 e. The topological polar surface area (TPSA) is 108 Å². The first kappa shape index (κ1) is 14.6. The second kappa shape index (κ2) is 7.10. The summed E-state index contributed by atoms with van der Waals surface area (Å²) in [6.07, 6.45) is -0.538. The number of pyridine rings is 1. The fourth-order valence-corrected chi connectivity index (χ4v) is 1.32. The van der Waals surface area contributed by atoms with E-state index in [2.05, 4.69) is 10.3 Å². The number of nitrogens with zero attached hydrogens (tertiary/aromatic N) is 1. The van der Waals surface area contributed by atoms with E-state index < -0.39 is 17.9 Å². The number of carbonyl (C=O) groups excluding carboxylic acids is 2. The van der Waals surface area contributed by atoms with Crippen molar-refractivity contribution < 1.29 is 19.5 Å². The van der Waals surface area contributed by atoms with Crippen LogP contribution < -0.4 is 10.6 Å². The molecule has 3 amide bonds. The van der Waals surface area contributed by atoms with Crippen molar-refractivity contribution in [3.63, 3.8) is 0 Å². The first-order chi connectivity index (χ1) is 8.97. The zero-order valence-corrected chi connectivity index (χ0v) is 10.5. The van der Waals surface area contributed by atoms with E-state index in [1.165, 1.54) is 0 Å². The van der Waals surface area contributed by atoms with Crippen LogP contribution in [0, 0.1) is 6.92 Å². The van der Waals surface area contributed by atoms with Crippen LogP contribution in [0.1, 0.15) is 24.2 Å². The van der Waals surface area contributed by atoms with E-state index in [1.807, 2.05) is 24.4 Å². The van der Waals surface area contributed by atoms with Crippen molar-refractivity contribution in [3.8, 4) is 0 Å². The Hall–Kier alpha value is -2.44. The standard InChI is InChI=1S/C12H15N3O4/c1-8-3-2-4-9(14-8)7-13-12(19)15-10(16)5-6-11(17)18/h2-4H,5-7H2,1H3,(H,17,18)(H2,13,15,16,19). The van der Waals surface area contributed by atoms with Crippen LogP contribution >= 0.6 is 0 Å². The molecule has 7 nitrogen and oxygen atoms in total. The van der Waals surface area contributed by atoms with Gasteiger partial charge in [-0.25, -0.2) is 4.79 Å². The van der Waals surface area contributed by atoms with E-state index in [0.717, 1.165) is 5.69 Å². The minimum Gasteiger partial charge on any atom is -0.481 e. The molecule has 0 saturated heterocycles. The van der Waals surface area contributed by atoms with Gasteiger partial charge in [0.2, 0.25) is 5.91 Å². The summed E-state index contributed by atoms with van der Waals surface area (Å²) in [5, 5.41) is 12.9. The number of hydrogen-bond acceptors (Lipinski definition) is 4. The molecule has 7 heteroatoms. The van der Waals surface area contributed by atoms with Crippen LogP contribution in [0.25, 0.3) is 0 Å². The van der Waals surface area contributed by atoms with Crippen molar-refractivity contribution in [1.82, 2.24) is 15.6 Å². The number of imide groups is 1. The molecule has 0 fully saturated rings. The molecule has 0 aliphatic rings. The van der Waals surface area contributed by atoms with E-state index in [1.54, 1.807) is 6.07 Å². The van der Waals surface area contributed by atoms with Gasteiger partial charge in [0.25, 0.3) is 0 Å². The highest BCUT2D eigenvalue weighted by atomic mass is 16.4. The van der Waals surface area contributed by atoms with Gasteiger partial charge in [-0.15, -0.1) is 0 Å². The Morgan fingerprint density at radius 1 is 1.26 bits per heavy atom. The Labute approximate surface area is 110 Å². The van der Waals surface area contributed by atoms with Crippen LogP contribution in [-0.4, -0.2) is 28.0 Å². The third-order valence-corrected chi connectivity index (χ3v) is 2.19. The summed E-state index contributed by atoms with van der Waals surface area (Å²) in [4.78, 5) is 36.9. The van der Waals surface area contributed by atoms with Crippen LogP contribution in [0.3, 0.4) is 0 Å². The number of hydrogen-bond donors (Lipinski definition) is 3. The molecule has 102 valence electrons. The molecule has 19 heavy (non-hydrogen) atoms. The fraction of sp³-hybridized carbons (Fsp3) is 0.333. The van der Waals surface area contributed by atoms with Crippen LogP contribution in [0.2, 0.25) is 0 Å². The predicted molar refractivity (Wildman–Crippen MR) is 66.2 cm³/mol. The second-order valence-electron chi connectivity index (χ2n) is 3.89. The summed E-state index contributed by atoms with van der Waals surface area (Å²) in [7, 11) is 0. The lowest BCUT2D eigenvalue weighted by Gasteiger charge is -2.06. The molecule has 0 aliphatic carbocycles. The average molecular weight is 265 g/mol. The van der Waals surface area contributed by atoms with Gasteiger partial charge < -0.3 is 10.4 Å². The largest absolute Gasteiger partial charge is 0.481 e. The van der Waals surface area contributed by atoms with Crippen molar-refractivity contribution >= 4 is 17.9 Å². The van der Waals surface area contributed by atoms with Gasteiger partial charge in [-0.1, -0.05) is 6.07 Å². The van der Waals surface area contributed by atoms with Gasteiger partial charge in [-0.05, 0) is 19.1 Å². The molecule has 0 atom stereocenters. The van der Waals surface area contributed by atoms with Crippen molar-refractivity contribution in [3.05, 3.63) is 29.6 Å². The SMILES string of the molecule is Cc1cccc(CNC(=O)NC(=O)CCC(=O)O)n1. The molecule has 0 unspecified atom stereocenters. The lowest BCUT2D eigenvalue weighted by atomic mass is 10.3. The molecular weight excluding hydrogens is 250 g/mol. The molecule has 0 saturated carbocycles. The van der Waals surface area contributed by atoms with E-state index in [-0.39, 0.29) is 19.4 Å². The molecule has 1 rings (SSSR count). The van der Waals surface area contributed by atoms with Gasteiger partial charge in [-0.3, -0.25) is 19.9 Å². The lowest BCUT2D eigenvalue weighted by molar-refractivity contribution is -0.138. The van der Waals surface area contributed by atoms with Gasteiger partial charge in [0, 0.05) is 12.1 Å². The average Bonchev–Trinajstić information content (AvgIpc) is 2.34. The number of aliphatic carboxylic acids is 1. The zero-order valence-electron chi connectivity index (χ0n) is 10.5. The van der Waals surface area contributed by atoms with E-state index in [4.69, 9.17) is 5.11 Å². The Kier molecular flexibility index (Phi) is 5.46. The summed E-state index contributed by atoms with van der Waals surface area (Å²) in [6.45, 7) is 2.03. The maximum absolute atomic E-state index is 11.3. The van der Waals surface area contributed by atoms with Crippen molar-refractivity contribution in [2.45, 2.75) is 26.3 Å². The monoisotopic (exact) mass is 265 g/mol. The molecule has 0 radical (unpaired) electrons. The van der Waals surface area contributed by atoms with Crippen molar-refractivity contribution in [2.75, 3.05) is 0 Å². The summed E-state index contributed by atoms with van der Waals surface area (Å²) in [5.74, 6) is -1.71.